The molecule has 0 bridgehead atoms. The molecule has 0 radical (unpaired) electrons. The van der Waals surface area contributed by atoms with E-state index in [0.29, 0.717) is 0 Å². The van der Waals surface area contributed by atoms with E-state index in [9.17, 15) is 24.0 Å². The van der Waals surface area contributed by atoms with E-state index in [-0.39, 0.29) is 5.82 Å². The van der Waals surface area contributed by atoms with Gasteiger partial charge in [0.2, 0.25) is 0 Å². The Hall–Kier alpha value is -3.82. The van der Waals surface area contributed by atoms with Crippen molar-refractivity contribution in [3.8, 4) is 0 Å². The zero-order valence-corrected chi connectivity index (χ0v) is 18.7. The number of hydrogen-bond donors (Lipinski definition) is 3. The van der Waals surface area contributed by atoms with Crippen LogP contribution in [-0.4, -0.2) is 76.1 Å². The Morgan fingerprint density at radius 1 is 1.17 bits per heavy atom. The molecule has 1 fully saturated rings. The fraction of sp³-hybridized carbons (Fsp3) is 0.500. The predicted molar refractivity (Wildman–Crippen MR) is 112 cm³/mol. The summed E-state index contributed by atoms with van der Waals surface area (Å²) in [6.45, 7) is 2.08. The highest BCUT2D eigenvalue weighted by Crippen LogP contribution is 2.34. The highest BCUT2D eigenvalue weighted by atomic mass is 16.7. The van der Waals surface area contributed by atoms with Crippen molar-refractivity contribution in [1.82, 2.24) is 9.55 Å². The molecular weight excluding hydrogens is 472 g/mol. The molecule has 0 amide bonds. The third kappa shape index (κ3) is 6.20. The lowest BCUT2D eigenvalue weighted by Crippen LogP contribution is -2.43. The lowest BCUT2D eigenvalue weighted by molar-refractivity contribution is -0.165. The predicted octanol–water partition coefficient (Wildman–Crippen LogP) is -2.08. The maximum atomic E-state index is 12.7. The number of nitrogens with two attached hydrogens (primary N) is 1. The van der Waals surface area contributed by atoms with Crippen LogP contribution in [0.2, 0.25) is 0 Å². The Balaban J connectivity index is 1.84. The molecule has 0 saturated carbocycles. The van der Waals surface area contributed by atoms with E-state index < -0.39 is 79.3 Å². The van der Waals surface area contributed by atoms with Gasteiger partial charge in [-0.1, -0.05) is 13.8 Å². The van der Waals surface area contributed by atoms with Crippen LogP contribution in [0.15, 0.2) is 29.2 Å². The van der Waals surface area contributed by atoms with Crippen LogP contribution in [0.3, 0.4) is 0 Å². The molecule has 1 aromatic rings. The summed E-state index contributed by atoms with van der Waals surface area (Å²) in [7, 11) is 0. The number of nitrogens with zero attached hydrogens (tertiary/aromatic N) is 2. The first-order valence-electron chi connectivity index (χ1n) is 10.4. The second kappa shape index (κ2) is 11.1. The van der Waals surface area contributed by atoms with Crippen LogP contribution in [0.5, 0.6) is 0 Å². The smallest absolute Gasteiger partial charge is 0.351 e. The van der Waals surface area contributed by atoms with Gasteiger partial charge in [-0.05, 0) is 0 Å². The molecule has 0 aromatic carbocycles. The van der Waals surface area contributed by atoms with Gasteiger partial charge in [0.05, 0.1) is 12.5 Å². The molecule has 2 aliphatic heterocycles. The summed E-state index contributed by atoms with van der Waals surface area (Å²) in [6, 6.07) is -0.0159. The number of ether oxygens (including phenoxy) is 4. The van der Waals surface area contributed by atoms with E-state index in [2.05, 4.69) is 10.5 Å². The number of aliphatic hydroxyl groups excluding tert-OH is 1. The van der Waals surface area contributed by atoms with Gasteiger partial charge in [-0.15, -0.1) is 0 Å². The first-order chi connectivity index (χ1) is 16.6. The zero-order chi connectivity index (χ0) is 25.7. The van der Waals surface area contributed by atoms with Gasteiger partial charge < -0.3 is 34.6 Å². The van der Waals surface area contributed by atoms with E-state index in [0.717, 1.165) is 16.7 Å². The highest BCUT2D eigenvalue weighted by molar-refractivity contribution is 5.92. The van der Waals surface area contributed by atoms with E-state index in [4.69, 9.17) is 34.6 Å². The summed E-state index contributed by atoms with van der Waals surface area (Å²) in [5.41, 5.74) is 6.78. The Morgan fingerprint density at radius 2 is 1.83 bits per heavy atom. The van der Waals surface area contributed by atoms with Crippen molar-refractivity contribution in [2.24, 2.45) is 11.7 Å². The van der Waals surface area contributed by atoms with Gasteiger partial charge in [0.25, 0.3) is 0 Å². The van der Waals surface area contributed by atoms with Crippen LogP contribution in [0.4, 0.5) is 5.82 Å². The molecule has 4 N–H and O–H groups in total. The molecule has 190 valence electrons. The van der Waals surface area contributed by atoms with Gasteiger partial charge in [0.15, 0.2) is 24.3 Å². The quantitative estimate of drug-likeness (QED) is 0.201. The highest BCUT2D eigenvalue weighted by Gasteiger charge is 2.51. The summed E-state index contributed by atoms with van der Waals surface area (Å²) < 4.78 is 22.4. The number of rotatable bonds is 8. The van der Waals surface area contributed by atoms with Crippen LogP contribution in [-0.2, 0) is 43.0 Å². The van der Waals surface area contributed by atoms with E-state index >= 15 is 0 Å². The summed E-state index contributed by atoms with van der Waals surface area (Å²) >= 11 is 0. The normalized spacial score (nSPS) is 25.4. The van der Waals surface area contributed by atoms with Crippen LogP contribution in [0.25, 0.3) is 0 Å². The average Bonchev–Trinajstić information content (AvgIpc) is 3.13. The summed E-state index contributed by atoms with van der Waals surface area (Å²) in [5.74, 6) is -3.81. The fourth-order valence-corrected chi connectivity index (χ4v) is 3.05. The third-order valence-corrected chi connectivity index (χ3v) is 4.87. The SMILES string of the molecule is CC(C)C(=O)ONc1ccn([C@@H]2O[C@H](COC(=O)[C@H](N)CO)[C@H]3OC(=O)/C=C\C(=O)O[C@H]32)c(=O)n1. The molecule has 1 aromatic heterocycles. The van der Waals surface area contributed by atoms with Crippen molar-refractivity contribution in [1.29, 1.82) is 0 Å². The molecule has 15 nitrogen and oxygen atoms in total. The van der Waals surface area contributed by atoms with E-state index in [1.807, 2.05) is 0 Å². The number of esters is 3. The molecule has 15 heteroatoms. The first-order valence-corrected chi connectivity index (χ1v) is 10.4. The summed E-state index contributed by atoms with van der Waals surface area (Å²) in [6.07, 6.45) is -2.16. The lowest BCUT2D eigenvalue weighted by atomic mass is 10.1. The maximum Gasteiger partial charge on any atom is 0.351 e. The number of hydrogen-bond acceptors (Lipinski definition) is 14. The second-order valence-electron chi connectivity index (χ2n) is 7.80. The standard InChI is InChI=1S/C20H24N4O11/c1-9(2)18(28)35-23-12-5-6-24(20(30)22-12)17-16-15(33-13(26)3-4-14(27)34-16)11(32-17)8-31-19(29)10(21)7-25/h3-6,9-11,15-17,25H,7-8,21H2,1-2H3,(H,22,23,30)/b4-3-/t10-,11-,15-,16-,17-/m1/s1. The first kappa shape index (κ1) is 25.8. The molecule has 3 heterocycles. The van der Waals surface area contributed by atoms with Gasteiger partial charge in [0.1, 0.15) is 18.8 Å². The van der Waals surface area contributed by atoms with Crippen molar-refractivity contribution in [2.75, 3.05) is 18.7 Å². The Bertz CT molecular complexity index is 1070. The number of aromatic nitrogens is 2. The fourth-order valence-electron chi connectivity index (χ4n) is 3.05. The van der Waals surface area contributed by atoms with Gasteiger partial charge >= 0.3 is 29.6 Å². The second-order valence-corrected chi connectivity index (χ2v) is 7.80. The average molecular weight is 496 g/mol. The molecule has 2 aliphatic rings. The van der Waals surface area contributed by atoms with Gasteiger partial charge in [0, 0.05) is 24.4 Å². The minimum Gasteiger partial charge on any atom is -0.462 e. The van der Waals surface area contributed by atoms with Crippen LogP contribution >= 0.6 is 0 Å². The number of carbonyl (C=O) groups is 4. The molecule has 5 atom stereocenters. The molecule has 3 rings (SSSR count). The molecule has 0 spiro atoms. The summed E-state index contributed by atoms with van der Waals surface area (Å²) in [4.78, 5) is 68.8. The van der Waals surface area contributed by atoms with Crippen molar-refractivity contribution < 1.29 is 48.1 Å². The Morgan fingerprint density at radius 3 is 2.43 bits per heavy atom. The number of nitrogens with one attached hydrogen (secondary N) is 1. The number of anilines is 1. The minimum atomic E-state index is -1.33. The number of fused-ring (bicyclic) bond motifs is 1. The van der Waals surface area contributed by atoms with Crippen LogP contribution < -0.4 is 16.9 Å². The molecule has 35 heavy (non-hydrogen) atoms. The Kier molecular flexibility index (Phi) is 8.16. The number of aliphatic hydroxyl groups is 1. The third-order valence-electron chi connectivity index (χ3n) is 4.87. The number of carbonyl (C=O) groups excluding carboxylic acids is 4. The maximum absolute atomic E-state index is 12.7. The lowest BCUT2D eigenvalue weighted by Gasteiger charge is -2.25. The van der Waals surface area contributed by atoms with Crippen molar-refractivity contribution in [2.45, 2.75) is 44.4 Å². The monoisotopic (exact) mass is 496 g/mol. The molecular formula is C20H24N4O11. The van der Waals surface area contributed by atoms with Crippen molar-refractivity contribution >= 4 is 29.7 Å². The van der Waals surface area contributed by atoms with Crippen LogP contribution in [0.1, 0.15) is 20.1 Å². The topological polar surface area (TPSA) is 208 Å². The summed E-state index contributed by atoms with van der Waals surface area (Å²) in [5, 5.41) is 8.99. The van der Waals surface area contributed by atoms with Crippen LogP contribution in [0, 0.1) is 5.92 Å². The van der Waals surface area contributed by atoms with E-state index in [1.165, 1.54) is 12.3 Å². The van der Waals surface area contributed by atoms with Crippen molar-refractivity contribution in [3.05, 3.63) is 34.9 Å². The Labute approximate surface area is 197 Å². The van der Waals surface area contributed by atoms with E-state index in [1.54, 1.807) is 13.8 Å². The molecule has 1 saturated heterocycles. The minimum absolute atomic E-state index is 0.0812. The van der Waals surface area contributed by atoms with Gasteiger partial charge in [-0.25, -0.2) is 24.7 Å². The zero-order valence-electron chi connectivity index (χ0n) is 18.7. The molecule has 0 unspecified atom stereocenters. The molecule has 0 aliphatic carbocycles. The van der Waals surface area contributed by atoms with Crippen molar-refractivity contribution in [3.63, 3.8) is 0 Å². The largest absolute Gasteiger partial charge is 0.462 e. The van der Waals surface area contributed by atoms with Gasteiger partial charge in [-0.3, -0.25) is 9.36 Å². The van der Waals surface area contributed by atoms with Gasteiger partial charge in [-0.2, -0.15) is 4.98 Å².